The van der Waals surface area contributed by atoms with Crippen LogP contribution in [0.3, 0.4) is 0 Å². The molecule has 0 bridgehead atoms. The first-order valence-corrected chi connectivity index (χ1v) is 17.3. The third kappa shape index (κ3) is 5.94. The highest BCUT2D eigenvalue weighted by atomic mass is 32.2. The van der Waals surface area contributed by atoms with Crippen molar-refractivity contribution in [2.75, 3.05) is 64.1 Å². The number of aromatic nitrogens is 3. The number of benzene rings is 1. The van der Waals surface area contributed by atoms with Crippen molar-refractivity contribution in [3.05, 3.63) is 47.5 Å². The number of fused-ring (bicyclic) bond motifs is 1. The largest absolute Gasteiger partial charge is 0.380 e. The molecule has 2 aromatic heterocycles. The van der Waals surface area contributed by atoms with Crippen molar-refractivity contribution in [2.45, 2.75) is 49.7 Å². The summed E-state index contributed by atoms with van der Waals surface area (Å²) in [6.45, 7) is 6.55. The first kappa shape index (κ1) is 29.6. The Bertz CT molecular complexity index is 1610. The number of nitrogens with zero attached hydrogens (tertiary/aromatic N) is 5. The van der Waals surface area contributed by atoms with Crippen LogP contribution < -0.4 is 9.62 Å². The lowest BCUT2D eigenvalue weighted by Crippen LogP contribution is -2.43. The molecule has 3 aliphatic heterocycles. The molecule has 44 heavy (non-hydrogen) atoms. The topological polar surface area (TPSA) is 119 Å². The van der Waals surface area contributed by atoms with Crippen LogP contribution in [0.5, 0.6) is 0 Å². The number of sulfonamides is 1. The van der Waals surface area contributed by atoms with Gasteiger partial charge in [-0.2, -0.15) is 5.10 Å². The highest BCUT2D eigenvalue weighted by Gasteiger charge is 2.34. The summed E-state index contributed by atoms with van der Waals surface area (Å²) < 4.78 is 54.6. The van der Waals surface area contributed by atoms with Crippen LogP contribution >= 0.6 is 0 Å². The molecule has 1 unspecified atom stereocenters. The predicted molar refractivity (Wildman–Crippen MR) is 163 cm³/mol. The zero-order chi connectivity index (χ0) is 30.3. The van der Waals surface area contributed by atoms with Crippen molar-refractivity contribution >= 4 is 32.7 Å². The van der Waals surface area contributed by atoms with Gasteiger partial charge in [0.2, 0.25) is 10.0 Å². The Labute approximate surface area is 256 Å². The molecule has 4 aliphatic rings. The molecule has 0 spiro atoms. The first-order valence-electron chi connectivity index (χ1n) is 15.7. The molecule has 0 radical (unpaired) electrons. The first-order chi connectivity index (χ1) is 21.4. The lowest BCUT2D eigenvalue weighted by Gasteiger charge is -2.37. The van der Waals surface area contributed by atoms with E-state index in [1.165, 1.54) is 12.1 Å². The second-order valence-electron chi connectivity index (χ2n) is 12.4. The molecule has 1 amide bonds. The molecule has 5 heterocycles. The normalized spacial score (nSPS) is 22.4. The molecule has 1 aliphatic carbocycles. The molecule has 13 heteroatoms. The van der Waals surface area contributed by atoms with Crippen molar-refractivity contribution < 1.29 is 27.1 Å². The average Bonchev–Trinajstić information content (AvgIpc) is 3.67. The van der Waals surface area contributed by atoms with E-state index in [-0.39, 0.29) is 24.0 Å². The Morgan fingerprint density at radius 2 is 1.73 bits per heavy atom. The number of piperidine rings is 1. The van der Waals surface area contributed by atoms with E-state index in [0.717, 1.165) is 94.8 Å². The summed E-state index contributed by atoms with van der Waals surface area (Å²) in [5, 5.41) is 5.12. The van der Waals surface area contributed by atoms with Gasteiger partial charge in [-0.1, -0.05) is 6.42 Å². The molecule has 3 saturated heterocycles. The fourth-order valence-electron chi connectivity index (χ4n) is 6.75. The minimum atomic E-state index is -3.95. The Morgan fingerprint density at radius 3 is 2.39 bits per heavy atom. The van der Waals surface area contributed by atoms with Crippen LogP contribution in [-0.4, -0.2) is 98.4 Å². The summed E-state index contributed by atoms with van der Waals surface area (Å²) in [4.78, 5) is 23.1. The molecule has 1 aromatic carbocycles. The molecule has 11 nitrogen and oxygen atoms in total. The van der Waals surface area contributed by atoms with Gasteiger partial charge in [-0.15, -0.1) is 0 Å². The number of morpholine rings is 1. The van der Waals surface area contributed by atoms with E-state index in [1.54, 1.807) is 22.9 Å². The molecule has 1 saturated carbocycles. The van der Waals surface area contributed by atoms with Crippen molar-refractivity contribution in [3.63, 3.8) is 0 Å². The number of nitrogens with one attached hydrogen (secondary N) is 1. The lowest BCUT2D eigenvalue weighted by molar-refractivity contribution is 0.0289. The Morgan fingerprint density at radius 1 is 0.977 bits per heavy atom. The van der Waals surface area contributed by atoms with E-state index in [1.807, 2.05) is 0 Å². The van der Waals surface area contributed by atoms with Crippen LogP contribution in [0.2, 0.25) is 0 Å². The maximum absolute atomic E-state index is 13.9. The van der Waals surface area contributed by atoms with E-state index < -0.39 is 21.2 Å². The van der Waals surface area contributed by atoms with Crippen LogP contribution in [0, 0.1) is 11.7 Å². The highest BCUT2D eigenvalue weighted by Crippen LogP contribution is 2.43. The number of carbonyl (C=O) groups is 1. The minimum absolute atomic E-state index is 0.00820. The Kier molecular flexibility index (Phi) is 8.29. The van der Waals surface area contributed by atoms with Crippen LogP contribution in [0.4, 0.5) is 10.1 Å². The van der Waals surface area contributed by atoms with Gasteiger partial charge < -0.3 is 14.4 Å². The number of ether oxygens (including phenoxy) is 2. The number of pyridine rings is 1. The molecule has 7 rings (SSSR count). The summed E-state index contributed by atoms with van der Waals surface area (Å²) in [5.41, 5.74) is 2.88. The standard InChI is InChI=1S/C31H39FN6O5S/c32-23-4-6-24(7-5-23)38-30-28(29(34-38)22-2-1-3-22)27(37-11-8-21(9-12-37)19-36-13-16-42-17-14-36)18-26(33-30)31(39)35-44(40,41)25-10-15-43-20-25/h4-7,18,21-22,25H,1-3,8-17,19-20H2,(H,35,39). The maximum Gasteiger partial charge on any atom is 0.283 e. The summed E-state index contributed by atoms with van der Waals surface area (Å²) in [5.74, 6) is -0.309. The van der Waals surface area contributed by atoms with Gasteiger partial charge in [0.1, 0.15) is 16.8 Å². The number of hydrogen-bond acceptors (Lipinski definition) is 9. The zero-order valence-electron chi connectivity index (χ0n) is 24.8. The van der Waals surface area contributed by atoms with E-state index in [0.29, 0.717) is 30.3 Å². The quantitative estimate of drug-likeness (QED) is 0.402. The van der Waals surface area contributed by atoms with Gasteiger partial charge in [-0.25, -0.2) is 27.2 Å². The molecule has 4 fully saturated rings. The maximum atomic E-state index is 13.9. The second-order valence-corrected chi connectivity index (χ2v) is 14.4. The summed E-state index contributed by atoms with van der Waals surface area (Å²) in [6, 6.07) is 7.77. The van der Waals surface area contributed by atoms with E-state index in [4.69, 9.17) is 19.6 Å². The Balaban J connectivity index is 1.26. The smallest absolute Gasteiger partial charge is 0.283 e. The van der Waals surface area contributed by atoms with E-state index in [2.05, 4.69) is 14.5 Å². The van der Waals surface area contributed by atoms with Crippen molar-refractivity contribution in [3.8, 4) is 5.69 Å². The van der Waals surface area contributed by atoms with Gasteiger partial charge in [-0.3, -0.25) is 9.69 Å². The van der Waals surface area contributed by atoms with E-state index in [9.17, 15) is 17.6 Å². The van der Waals surface area contributed by atoms with Crippen molar-refractivity contribution in [1.82, 2.24) is 24.4 Å². The van der Waals surface area contributed by atoms with Crippen LogP contribution in [-0.2, 0) is 19.5 Å². The van der Waals surface area contributed by atoms with Gasteiger partial charge in [-0.05, 0) is 68.4 Å². The molecular weight excluding hydrogens is 587 g/mol. The molecule has 1 N–H and O–H groups in total. The monoisotopic (exact) mass is 626 g/mol. The molecule has 236 valence electrons. The molecular formula is C31H39FN6O5S. The lowest BCUT2D eigenvalue weighted by atomic mass is 9.81. The van der Waals surface area contributed by atoms with Crippen molar-refractivity contribution in [2.24, 2.45) is 5.92 Å². The van der Waals surface area contributed by atoms with Gasteiger partial charge in [0.05, 0.1) is 42.3 Å². The molecule has 1 atom stereocenters. The van der Waals surface area contributed by atoms with Gasteiger partial charge in [0.15, 0.2) is 5.65 Å². The number of anilines is 1. The average molecular weight is 627 g/mol. The number of carbonyl (C=O) groups excluding carboxylic acids is 1. The molecule has 3 aromatic rings. The second kappa shape index (κ2) is 12.3. The van der Waals surface area contributed by atoms with Gasteiger partial charge in [0, 0.05) is 45.2 Å². The highest BCUT2D eigenvalue weighted by molar-refractivity contribution is 7.90. The summed E-state index contributed by atoms with van der Waals surface area (Å²) in [6.07, 6.45) is 5.49. The van der Waals surface area contributed by atoms with E-state index >= 15 is 0 Å². The van der Waals surface area contributed by atoms with Crippen LogP contribution in [0.1, 0.15) is 60.6 Å². The third-order valence-electron chi connectivity index (χ3n) is 9.58. The number of amides is 1. The number of halogens is 1. The fraction of sp³-hybridized carbons (Fsp3) is 0.581. The minimum Gasteiger partial charge on any atom is -0.380 e. The van der Waals surface area contributed by atoms with Crippen LogP contribution in [0.25, 0.3) is 16.7 Å². The third-order valence-corrected chi connectivity index (χ3v) is 11.3. The van der Waals surface area contributed by atoms with Crippen molar-refractivity contribution in [1.29, 1.82) is 0 Å². The van der Waals surface area contributed by atoms with Gasteiger partial charge >= 0.3 is 0 Å². The summed E-state index contributed by atoms with van der Waals surface area (Å²) >= 11 is 0. The summed E-state index contributed by atoms with van der Waals surface area (Å²) in [7, 11) is -3.95. The Hall–Kier alpha value is -3.13. The fourth-order valence-corrected chi connectivity index (χ4v) is 7.96. The van der Waals surface area contributed by atoms with Gasteiger partial charge in [0.25, 0.3) is 5.91 Å². The number of hydrogen-bond donors (Lipinski definition) is 1. The van der Waals surface area contributed by atoms with Crippen LogP contribution in [0.15, 0.2) is 30.3 Å². The zero-order valence-corrected chi connectivity index (χ0v) is 25.6. The number of rotatable bonds is 8. The predicted octanol–water partition coefficient (Wildman–Crippen LogP) is 3.22. The SMILES string of the molecule is O=C(NS(=O)(=O)C1CCOC1)c1cc(N2CCC(CN3CCOCC3)CC2)c2c(C3CCC3)nn(-c3ccc(F)cc3)c2n1.